The minimum Gasteiger partial charge on any atom is -0.363 e. The van der Waals surface area contributed by atoms with E-state index in [4.69, 9.17) is 0 Å². The minimum atomic E-state index is -4.51. The van der Waals surface area contributed by atoms with E-state index in [1.54, 1.807) is 35.0 Å². The first kappa shape index (κ1) is 26.6. The van der Waals surface area contributed by atoms with Crippen molar-refractivity contribution in [2.24, 2.45) is 0 Å². The Kier molecular flexibility index (Phi) is 6.53. The largest absolute Gasteiger partial charge is 0.419 e. The third-order valence-electron chi connectivity index (χ3n) is 7.61. The van der Waals surface area contributed by atoms with Gasteiger partial charge >= 0.3 is 6.18 Å². The molecule has 0 saturated carbocycles. The fourth-order valence-electron chi connectivity index (χ4n) is 5.29. The van der Waals surface area contributed by atoms with Gasteiger partial charge in [0, 0.05) is 62.9 Å². The number of likely N-dealkylation sites (N-methyl/N-ethyl adjacent to an activating group) is 1. The molecule has 1 amide bonds. The number of aromatic nitrogens is 5. The second-order valence-electron chi connectivity index (χ2n) is 10.5. The molecule has 2 fully saturated rings. The third-order valence-corrected chi connectivity index (χ3v) is 7.61. The van der Waals surface area contributed by atoms with Crippen molar-refractivity contribution in [3.8, 4) is 6.07 Å². The van der Waals surface area contributed by atoms with Crippen molar-refractivity contribution in [1.29, 1.82) is 5.26 Å². The van der Waals surface area contributed by atoms with Crippen molar-refractivity contribution >= 4 is 28.9 Å². The molecule has 0 atom stereocenters. The number of piperazine rings is 1. The molecule has 0 radical (unpaired) electrons. The van der Waals surface area contributed by atoms with Gasteiger partial charge in [0.2, 0.25) is 5.95 Å². The van der Waals surface area contributed by atoms with Crippen LogP contribution in [0.4, 0.5) is 30.5 Å². The summed E-state index contributed by atoms with van der Waals surface area (Å²) in [5.41, 5.74) is 0.774. The first-order chi connectivity index (χ1) is 19.6. The second-order valence-corrected chi connectivity index (χ2v) is 10.5. The van der Waals surface area contributed by atoms with Crippen molar-refractivity contribution in [3.63, 3.8) is 0 Å². The van der Waals surface area contributed by atoms with Crippen LogP contribution in [0.15, 0.2) is 55.0 Å². The number of pyridine rings is 1. The number of nitrogens with one attached hydrogen (secondary N) is 1. The summed E-state index contributed by atoms with van der Waals surface area (Å²) in [6, 6.07) is 12.9. The first-order valence-corrected chi connectivity index (χ1v) is 13.1. The lowest BCUT2D eigenvalue weighted by Gasteiger charge is -2.50. The van der Waals surface area contributed by atoms with Crippen LogP contribution in [-0.4, -0.2) is 86.4 Å². The van der Waals surface area contributed by atoms with Crippen LogP contribution < -0.4 is 10.2 Å². The Balaban J connectivity index is 1.20. The quantitative estimate of drug-likeness (QED) is 0.380. The number of halogens is 3. The molecule has 6 rings (SSSR count). The van der Waals surface area contributed by atoms with E-state index in [1.165, 1.54) is 4.68 Å². The number of amides is 1. The monoisotopic (exact) mass is 564 g/mol. The van der Waals surface area contributed by atoms with Crippen molar-refractivity contribution in [2.45, 2.75) is 18.1 Å². The number of nitriles is 1. The van der Waals surface area contributed by atoms with E-state index in [0.29, 0.717) is 35.9 Å². The highest BCUT2D eigenvalue weighted by Gasteiger charge is 2.47. The van der Waals surface area contributed by atoms with Crippen LogP contribution in [0, 0.1) is 11.3 Å². The lowest BCUT2D eigenvalue weighted by Crippen LogP contribution is -2.63. The minimum absolute atomic E-state index is 0.00822. The van der Waals surface area contributed by atoms with Gasteiger partial charge in [-0.05, 0) is 37.4 Å². The van der Waals surface area contributed by atoms with Crippen LogP contribution in [0.3, 0.4) is 0 Å². The van der Waals surface area contributed by atoms with Crippen LogP contribution in [0.5, 0.6) is 0 Å². The zero-order chi connectivity index (χ0) is 28.8. The van der Waals surface area contributed by atoms with Gasteiger partial charge in [0.25, 0.3) is 5.91 Å². The molecule has 0 unspecified atom stereocenters. The molecule has 0 aliphatic carbocycles. The van der Waals surface area contributed by atoms with Gasteiger partial charge < -0.3 is 20.0 Å². The van der Waals surface area contributed by atoms with Gasteiger partial charge in [0.05, 0.1) is 29.9 Å². The fraction of sp³-hybridized carbons (Fsp3) is 0.370. The fourth-order valence-corrected chi connectivity index (χ4v) is 5.29. The molecule has 2 aliphatic heterocycles. The molecule has 0 spiro atoms. The lowest BCUT2D eigenvalue weighted by molar-refractivity contribution is -0.137. The Morgan fingerprint density at radius 1 is 1.15 bits per heavy atom. The van der Waals surface area contributed by atoms with Crippen molar-refractivity contribution < 1.29 is 18.0 Å². The van der Waals surface area contributed by atoms with Crippen LogP contribution in [0.2, 0.25) is 0 Å². The zero-order valence-electron chi connectivity index (χ0n) is 22.2. The Morgan fingerprint density at radius 2 is 1.93 bits per heavy atom. The number of carbonyl (C=O) groups excluding carboxylic acids is 1. The zero-order valence-corrected chi connectivity index (χ0v) is 22.2. The molecule has 11 nitrogen and oxygen atoms in total. The summed E-state index contributed by atoms with van der Waals surface area (Å²) in [7, 11) is 2.04. The number of hydrogen-bond acceptors (Lipinski definition) is 8. The summed E-state index contributed by atoms with van der Waals surface area (Å²) in [6.07, 6.45) is -1.02. The second kappa shape index (κ2) is 10.1. The van der Waals surface area contributed by atoms with Crippen LogP contribution >= 0.6 is 0 Å². The molecule has 4 aromatic rings. The van der Waals surface area contributed by atoms with Gasteiger partial charge in [-0.15, -0.1) is 5.10 Å². The van der Waals surface area contributed by atoms with Gasteiger partial charge in [-0.1, -0.05) is 6.07 Å². The number of anilines is 3. The average Bonchev–Trinajstić information content (AvgIpc) is 3.58. The number of hydrogen-bond donors (Lipinski definition) is 1. The molecule has 41 heavy (non-hydrogen) atoms. The topological polar surface area (TPSA) is 111 Å². The number of carbonyl (C=O) groups is 1. The molecular weight excluding hydrogens is 537 g/mol. The van der Waals surface area contributed by atoms with E-state index in [2.05, 4.69) is 31.5 Å². The summed E-state index contributed by atoms with van der Waals surface area (Å²) in [4.78, 5) is 23.6. The Labute approximate surface area is 233 Å². The van der Waals surface area contributed by atoms with E-state index in [9.17, 15) is 23.2 Å². The molecule has 212 valence electrons. The van der Waals surface area contributed by atoms with Gasteiger partial charge in [0.15, 0.2) is 5.65 Å². The van der Waals surface area contributed by atoms with Gasteiger partial charge in [-0.25, -0.2) is 4.52 Å². The summed E-state index contributed by atoms with van der Waals surface area (Å²) >= 11 is 0. The molecule has 0 bridgehead atoms. The lowest BCUT2D eigenvalue weighted by atomic mass is 9.86. The van der Waals surface area contributed by atoms with E-state index in [-0.39, 0.29) is 25.4 Å². The molecular formula is C27H27F3N10O. The highest BCUT2D eigenvalue weighted by atomic mass is 19.4. The van der Waals surface area contributed by atoms with E-state index < -0.39 is 17.3 Å². The average molecular weight is 565 g/mol. The predicted octanol–water partition coefficient (Wildman–Crippen LogP) is 3.20. The van der Waals surface area contributed by atoms with Gasteiger partial charge in [0.1, 0.15) is 5.54 Å². The predicted molar refractivity (Wildman–Crippen MR) is 144 cm³/mol. The SMILES string of the molecule is CN1CCN(C(=O)c2cccc(Nc3nc4c(N5CC(CC#N)(n6cc(C(F)(F)F)cn6)C5)cccn4n3)c2)CC1. The maximum absolute atomic E-state index is 13.2. The molecule has 3 aromatic heterocycles. The Hall–Kier alpha value is -4.64. The molecule has 14 heteroatoms. The van der Waals surface area contributed by atoms with Crippen molar-refractivity contribution in [2.75, 3.05) is 56.5 Å². The highest BCUT2D eigenvalue weighted by Crippen LogP contribution is 2.39. The summed E-state index contributed by atoms with van der Waals surface area (Å²) in [5, 5.41) is 21.0. The smallest absolute Gasteiger partial charge is 0.363 e. The van der Waals surface area contributed by atoms with Crippen LogP contribution in [0.25, 0.3) is 5.65 Å². The number of benzene rings is 1. The standard InChI is InChI=1S/C27H27F3N10O/c1-36-10-12-37(13-11-36)24(41)19-4-2-5-21(14-19)33-25-34-23-22(6-3-9-39(23)35-25)38-17-26(18-38,7-8-31)40-16-20(15-32-40)27(28,29)30/h2-6,9,14-16H,7,10-13,17-18H2,1H3,(H,33,35). The normalized spacial score (nSPS) is 17.3. The maximum atomic E-state index is 13.2. The molecule has 2 aliphatic rings. The third kappa shape index (κ3) is 5.04. The number of rotatable bonds is 6. The van der Waals surface area contributed by atoms with Crippen LogP contribution in [0.1, 0.15) is 22.3 Å². The molecule has 2 saturated heterocycles. The van der Waals surface area contributed by atoms with Crippen LogP contribution in [-0.2, 0) is 11.7 Å². The number of fused-ring (bicyclic) bond motifs is 1. The Morgan fingerprint density at radius 3 is 2.63 bits per heavy atom. The summed E-state index contributed by atoms with van der Waals surface area (Å²) in [6.45, 7) is 3.60. The van der Waals surface area contributed by atoms with E-state index >= 15 is 0 Å². The number of nitrogens with zero attached hydrogens (tertiary/aromatic N) is 9. The van der Waals surface area contributed by atoms with Crippen molar-refractivity contribution in [3.05, 3.63) is 66.1 Å². The van der Waals surface area contributed by atoms with E-state index in [1.807, 2.05) is 29.0 Å². The first-order valence-electron chi connectivity index (χ1n) is 13.1. The summed E-state index contributed by atoms with van der Waals surface area (Å²) in [5.74, 6) is 0.303. The van der Waals surface area contributed by atoms with E-state index in [0.717, 1.165) is 31.2 Å². The molecule has 1 aromatic carbocycles. The van der Waals surface area contributed by atoms with Crippen molar-refractivity contribution in [1.82, 2.24) is 34.2 Å². The Bertz CT molecular complexity index is 1620. The highest BCUT2D eigenvalue weighted by molar-refractivity contribution is 5.95. The number of alkyl halides is 3. The molecule has 5 heterocycles. The summed E-state index contributed by atoms with van der Waals surface area (Å²) < 4.78 is 42.3. The molecule has 1 N–H and O–H groups in total. The van der Waals surface area contributed by atoms with Gasteiger partial charge in [-0.3, -0.25) is 9.48 Å². The van der Waals surface area contributed by atoms with Gasteiger partial charge in [-0.2, -0.15) is 28.5 Å². The maximum Gasteiger partial charge on any atom is 0.419 e.